The molecule has 5 aliphatic carbocycles. The molecule has 0 spiro atoms. The predicted octanol–water partition coefficient (Wildman–Crippen LogP) is 36.7. The number of aromatic nitrogens is 3. The van der Waals surface area contributed by atoms with E-state index in [-0.39, 0.29) is 56.6 Å². The van der Waals surface area contributed by atoms with Gasteiger partial charge in [0, 0.05) is 79.1 Å². The fourth-order valence-electron chi connectivity index (χ4n) is 21.3. The van der Waals surface area contributed by atoms with Crippen molar-refractivity contribution < 1.29 is 30.4 Å². The average molecular weight is 2150 g/mol. The van der Waals surface area contributed by atoms with Crippen molar-refractivity contribution in [1.29, 1.82) is 0 Å². The summed E-state index contributed by atoms with van der Waals surface area (Å²) >= 11 is 29.5. The third-order valence-electron chi connectivity index (χ3n) is 28.3. The second-order valence-electron chi connectivity index (χ2n) is 44.7. The summed E-state index contributed by atoms with van der Waals surface area (Å²) in [6, 6.07) is 86.2. The Morgan fingerprint density at radius 1 is 0.336 bits per heavy atom. The minimum absolute atomic E-state index is 0.0495. The molecule has 1 fully saturated rings. The number of halogens is 6. The van der Waals surface area contributed by atoms with Gasteiger partial charge in [-0.2, -0.15) is 5.41 Å². The van der Waals surface area contributed by atoms with Crippen molar-refractivity contribution in [1.82, 2.24) is 15.0 Å². The number of hydrogen-bond acceptors (Lipinski definition) is 6. The van der Waals surface area contributed by atoms with E-state index in [4.69, 9.17) is 54.1 Å². The molecule has 13 aromatic carbocycles. The molecule has 22 rings (SSSR count). The van der Waals surface area contributed by atoms with Gasteiger partial charge in [0.25, 0.3) is 0 Å². The van der Waals surface area contributed by atoms with Crippen molar-refractivity contribution >= 4 is 131 Å². The summed E-state index contributed by atoms with van der Waals surface area (Å²) in [5, 5.41) is 5.14. The maximum absolute atomic E-state index is 12.3. The number of hydrogen-bond donors (Lipinski definition) is 0. The van der Waals surface area contributed by atoms with Gasteiger partial charge in [0.2, 0.25) is 0 Å². The standard InChI is InChI=1S/C31H33N.C26H22ClN.C23H29BO2.C17H17Br.C15H11BrO.C9H5Cl2N.C5H11.BrH.Zn/c1-19-11-13-26-23(15-19)24-16-20(2)17-25(29(24)31(26,6)7)28-14-12-22-21(18-30(3,4)5)9-8-10-27(22)32-28;1-15-8-10-21-18(12-15)19-13-16(2)14-20(25(19)26(21,3)4)24-11-9-17-22(27)6-5-7-23(17)28-24;1-14-9-10-18-16(11-14)17-12-15(2)13-19(20(17)21(18,3)4)24-25-22(5,6)23(7,8)26-24;1-10-5-6-14-12(7-10)13-8-11(2)9-15(18)16(13)17(14,3)4;1-8-3-4-10-11(5-8)12-6-9(2)7-13(16)14(12)15(10)17;10-7-2-1-3-8-6(7)4-5-9(11)12-8;1-5(2,3)4;;/h8-17H,18H2,1-7H3;5-14H,1-4H3;9-13H,1-8H3;5-9H,1-4H3;3-7H,1-2H3;1-5H;1H2,2-4H3;1H;/q;;;;;;-1;;+2/p-1. The quantitative estimate of drug-likeness (QED) is 0.0993. The summed E-state index contributed by atoms with van der Waals surface area (Å²) in [6.07, 6.45) is 1.05. The number of nitrogens with zero attached hydrogens (tertiary/aromatic N) is 3. The number of fused-ring (bicyclic) bond motifs is 18. The predicted molar refractivity (Wildman–Crippen MR) is 605 cm³/mol. The molecule has 1 aliphatic heterocycles. The van der Waals surface area contributed by atoms with Crippen molar-refractivity contribution in [3.63, 3.8) is 0 Å². The molecule has 6 aliphatic rings. The zero-order valence-electron chi connectivity index (χ0n) is 86.6. The van der Waals surface area contributed by atoms with E-state index in [9.17, 15) is 4.79 Å². The number of pyridine rings is 3. The topological polar surface area (TPSA) is 74.2 Å². The molecule has 712 valence electrons. The van der Waals surface area contributed by atoms with Gasteiger partial charge >= 0.3 is 37.1 Å². The Kier molecular flexibility index (Phi) is 30.0. The first kappa shape index (κ1) is 105. The number of ketones is 1. The first-order valence-corrected chi connectivity index (χ1v) is 58.1. The van der Waals surface area contributed by atoms with Gasteiger partial charge in [-0.25, -0.2) is 15.0 Å². The molecule has 6 nitrogen and oxygen atoms in total. The van der Waals surface area contributed by atoms with E-state index in [2.05, 4.69) is 413 Å². The first-order valence-electron chi connectivity index (χ1n) is 48.4. The van der Waals surface area contributed by atoms with E-state index < -0.39 is 0 Å². The summed E-state index contributed by atoms with van der Waals surface area (Å²) in [6.45, 7) is 65.4. The Morgan fingerprint density at radius 2 is 0.657 bits per heavy atom. The maximum atomic E-state index is 12.3. The van der Waals surface area contributed by atoms with Crippen LogP contribution < -0.4 is 5.46 Å². The Balaban J connectivity index is 0.000000128. The van der Waals surface area contributed by atoms with E-state index in [1.165, 1.54) is 187 Å². The third kappa shape index (κ3) is 20.9. The molecule has 14 heteroatoms. The summed E-state index contributed by atoms with van der Waals surface area (Å²) in [4.78, 5) is 26.6. The molecule has 4 heterocycles. The van der Waals surface area contributed by atoms with Crippen LogP contribution in [0.5, 0.6) is 0 Å². The minimum atomic E-state index is -0.333. The zero-order chi connectivity index (χ0) is 102. The summed E-state index contributed by atoms with van der Waals surface area (Å²) in [5.74, 6) is 0.127. The zero-order valence-corrected chi connectivity index (χ0v) is 96.6. The third-order valence-corrected chi connectivity index (χ3v) is 30.4. The second-order valence-corrected chi connectivity index (χ2v) is 47.6. The fraction of sp³-hybridized carbons (Fsp3) is 0.294. The molecule has 16 aromatic rings. The molecule has 0 N–H and O–H groups in total. The van der Waals surface area contributed by atoms with Gasteiger partial charge in [-0.15, -0.1) is 0 Å². The monoisotopic (exact) mass is 2150 g/mol. The van der Waals surface area contributed by atoms with E-state index >= 15 is 0 Å². The van der Waals surface area contributed by atoms with Crippen LogP contribution in [0, 0.1) is 87.0 Å². The van der Waals surface area contributed by atoms with E-state index in [0.29, 0.717) is 10.2 Å². The van der Waals surface area contributed by atoms with Crippen molar-refractivity contribution in [2.75, 3.05) is 0 Å². The van der Waals surface area contributed by atoms with Crippen molar-refractivity contribution in [3.8, 4) is 78.1 Å². The summed E-state index contributed by atoms with van der Waals surface area (Å²) < 4.78 is 15.0. The van der Waals surface area contributed by atoms with Crippen LogP contribution in [-0.4, -0.2) is 39.1 Å². The van der Waals surface area contributed by atoms with Gasteiger partial charge in [0.05, 0.1) is 39.1 Å². The molecule has 140 heavy (non-hydrogen) atoms. The number of rotatable bonds is 4. The SMILES string of the molecule is Cc1ccc2c(c1)-c1cc(C)cc(-c3ccc4c(CC(C)(C)C)cccc4n3)c1C2(C)C.Cc1ccc2c(c1)-c1cc(C)cc(-c3ccc4c(Cl)cccc4n3)c1C2(C)C.Cc1ccc2c(c1)-c1cc(C)cc(B3OC(C)(C)C(C)(C)O3)c1C2(C)C.Cc1ccc2c(c1)-c1cc(C)cc(Br)c1C2(C)C.Cc1ccc2c(c1)-c1cc(C)cc(Br)c1C2=O.Clc1ccc2c(Cl)cccc2n1.[CH2-]C(C)(C)C.[Zn+][Br]. The number of aryl methyl sites for hydroxylation is 10. The Hall–Kier alpha value is -9.32. The molecule has 0 radical (unpaired) electrons. The first-order chi connectivity index (χ1) is 65.6. The summed E-state index contributed by atoms with van der Waals surface area (Å²) in [7, 11) is -0.330. The second kappa shape index (κ2) is 40.0. The molecule has 0 unspecified atom stereocenters. The van der Waals surface area contributed by atoms with Crippen LogP contribution >= 0.6 is 80.3 Å². The van der Waals surface area contributed by atoms with E-state index in [0.717, 1.165) is 82.4 Å². The van der Waals surface area contributed by atoms with Gasteiger partial charge in [-0.3, -0.25) is 4.79 Å². The Bertz CT molecular complexity index is 7620. The van der Waals surface area contributed by atoms with Crippen LogP contribution in [0.1, 0.15) is 246 Å². The van der Waals surface area contributed by atoms with E-state index in [1.807, 2.05) is 74.5 Å². The fourth-order valence-corrected chi connectivity index (χ4v) is 23.8. The normalized spacial score (nSPS) is 15.0. The van der Waals surface area contributed by atoms with Gasteiger partial charge in [0.15, 0.2) is 5.78 Å². The van der Waals surface area contributed by atoms with Crippen LogP contribution in [0.3, 0.4) is 0 Å². The number of benzene rings is 13. The molecule has 0 saturated carbocycles. The molecule has 0 amide bonds. The molecule has 0 bridgehead atoms. The van der Waals surface area contributed by atoms with Crippen molar-refractivity contribution in [2.45, 2.75) is 233 Å². The van der Waals surface area contributed by atoms with Gasteiger partial charge in [0.1, 0.15) is 5.15 Å². The van der Waals surface area contributed by atoms with Crippen LogP contribution in [0.4, 0.5) is 0 Å². The van der Waals surface area contributed by atoms with Gasteiger partial charge < -0.3 is 16.2 Å². The molecule has 3 aromatic heterocycles. The van der Waals surface area contributed by atoms with Crippen LogP contribution in [-0.2, 0) is 53.7 Å². The number of carbonyl (C=O) groups excluding carboxylic acids is 1. The molecular weight excluding hydrogens is 2030 g/mol. The summed E-state index contributed by atoms with van der Waals surface area (Å²) in [5.41, 5.74) is 48.2. The van der Waals surface area contributed by atoms with Gasteiger partial charge in [-0.1, -0.05) is 355 Å². The van der Waals surface area contributed by atoms with Crippen molar-refractivity contribution in [3.05, 3.63) is 391 Å². The van der Waals surface area contributed by atoms with Crippen LogP contribution in [0.15, 0.2) is 252 Å². The Labute approximate surface area is 881 Å². The van der Waals surface area contributed by atoms with Crippen molar-refractivity contribution in [2.24, 2.45) is 10.8 Å². The van der Waals surface area contributed by atoms with Crippen LogP contribution in [0.2, 0.25) is 15.2 Å². The molecular formula is C126H128BBr3Cl3N3O3Zn. The average Bonchev–Trinajstić information content (AvgIpc) is 1.60. The Morgan fingerprint density at radius 3 is 1.09 bits per heavy atom. The van der Waals surface area contributed by atoms with E-state index in [1.54, 1.807) is 6.07 Å². The molecule has 0 atom stereocenters. The molecule has 1 saturated heterocycles. The van der Waals surface area contributed by atoms with Crippen LogP contribution in [0.25, 0.3) is 111 Å². The number of carbonyl (C=O) groups is 1. The van der Waals surface area contributed by atoms with Gasteiger partial charge in [-0.05, 0) is 327 Å².